The van der Waals surface area contributed by atoms with Crippen molar-refractivity contribution in [1.29, 1.82) is 0 Å². The van der Waals surface area contributed by atoms with Gasteiger partial charge in [0.05, 0.1) is 6.61 Å². The molecule has 182 valence electrons. The molecule has 0 atom stereocenters. The van der Waals surface area contributed by atoms with Crippen LogP contribution in [0.15, 0.2) is 34.7 Å². The maximum Gasteiger partial charge on any atom is 0.341 e. The predicted octanol–water partition coefficient (Wildman–Crippen LogP) is 5.22. The van der Waals surface area contributed by atoms with Gasteiger partial charge in [0.25, 0.3) is 11.6 Å². The third-order valence-electron chi connectivity index (χ3n) is 4.79. The Labute approximate surface area is 198 Å². The van der Waals surface area contributed by atoms with Crippen molar-refractivity contribution < 1.29 is 37.3 Å². The van der Waals surface area contributed by atoms with Crippen molar-refractivity contribution in [2.24, 2.45) is 0 Å². The molecule has 2 aromatic heterocycles. The zero-order valence-electron chi connectivity index (χ0n) is 19.1. The Bertz CT molecular complexity index is 1380. The van der Waals surface area contributed by atoms with E-state index < -0.39 is 30.0 Å². The van der Waals surface area contributed by atoms with E-state index in [0.29, 0.717) is 35.5 Å². The summed E-state index contributed by atoms with van der Waals surface area (Å²) in [6.45, 7) is 5.30. The number of aryl methyl sites for hydroxylation is 2. The molecule has 0 unspecified atom stereocenters. The van der Waals surface area contributed by atoms with Gasteiger partial charge in [-0.25, -0.2) is 18.6 Å². The molecule has 0 bridgehead atoms. The molecule has 0 aliphatic heterocycles. The fourth-order valence-electron chi connectivity index (χ4n) is 3.34. The molecule has 9 nitrogen and oxygen atoms in total. The van der Waals surface area contributed by atoms with Crippen molar-refractivity contribution in [3.05, 3.63) is 53.1 Å². The zero-order chi connectivity index (χ0) is 25.1. The van der Waals surface area contributed by atoms with Gasteiger partial charge in [-0.15, -0.1) is 0 Å². The molecule has 11 heteroatoms. The van der Waals surface area contributed by atoms with Crippen LogP contribution in [0.1, 0.15) is 24.5 Å². The smallest absolute Gasteiger partial charge is 0.341 e. The number of benzene rings is 2. The minimum Gasteiger partial charge on any atom is -0.481 e. The van der Waals surface area contributed by atoms with E-state index in [0.717, 1.165) is 18.2 Å². The molecule has 0 spiro atoms. The monoisotopic (exact) mass is 485 g/mol. The van der Waals surface area contributed by atoms with Crippen LogP contribution in [0.5, 0.6) is 23.4 Å². The Morgan fingerprint density at radius 3 is 2.49 bits per heavy atom. The summed E-state index contributed by atoms with van der Waals surface area (Å²) >= 11 is 0. The molecule has 0 aliphatic carbocycles. The Balaban J connectivity index is 1.74. The van der Waals surface area contributed by atoms with E-state index in [4.69, 9.17) is 23.7 Å². The van der Waals surface area contributed by atoms with E-state index in [-0.39, 0.29) is 29.0 Å². The summed E-state index contributed by atoms with van der Waals surface area (Å²) in [6, 6.07) is 5.93. The molecule has 2 aromatic carbocycles. The molecule has 35 heavy (non-hydrogen) atoms. The van der Waals surface area contributed by atoms with Crippen molar-refractivity contribution >= 4 is 17.2 Å². The summed E-state index contributed by atoms with van der Waals surface area (Å²) < 4.78 is 49.8. The minimum atomic E-state index is -1.08. The first-order valence-electron chi connectivity index (χ1n) is 10.7. The number of fused-ring (bicyclic) bond motifs is 1. The highest BCUT2D eigenvalue weighted by atomic mass is 19.1. The van der Waals surface area contributed by atoms with Crippen molar-refractivity contribution in [2.45, 2.75) is 27.2 Å². The molecule has 0 radical (unpaired) electrons. The van der Waals surface area contributed by atoms with Crippen molar-refractivity contribution in [3.8, 4) is 34.8 Å². The van der Waals surface area contributed by atoms with Crippen LogP contribution in [0.3, 0.4) is 0 Å². The van der Waals surface area contributed by atoms with Crippen LogP contribution < -0.4 is 14.2 Å². The first kappa shape index (κ1) is 23.9. The lowest BCUT2D eigenvalue weighted by Crippen LogP contribution is -2.10. The molecule has 0 aliphatic rings. The normalized spacial score (nSPS) is 11.0. The van der Waals surface area contributed by atoms with Gasteiger partial charge < -0.3 is 23.7 Å². The summed E-state index contributed by atoms with van der Waals surface area (Å²) in [7, 11) is 0. The number of carboxylic acid groups (broad SMARTS) is 1. The number of nitrogens with zero attached hydrogens (tertiary/aromatic N) is 3. The van der Waals surface area contributed by atoms with Gasteiger partial charge >= 0.3 is 12.0 Å². The second-order valence-electron chi connectivity index (χ2n) is 7.63. The van der Waals surface area contributed by atoms with Gasteiger partial charge in [-0.3, -0.25) is 0 Å². The standard InChI is InChI=1S/C24H21F2N3O6/c1-4-7-32-22-19-23(29-24(28-22)34-17-10-15(25)5-6-16(17)26)35-21(27-19)14-8-12(2)20(13(3)9-14)33-11-18(30)31/h5-6,8-10H,4,7,11H2,1-3H3,(H,30,31). The Kier molecular flexibility index (Phi) is 6.76. The van der Waals surface area contributed by atoms with Crippen molar-refractivity contribution in [3.63, 3.8) is 0 Å². The molecule has 4 rings (SSSR count). The van der Waals surface area contributed by atoms with Gasteiger partial charge in [0.15, 0.2) is 23.7 Å². The summed E-state index contributed by atoms with van der Waals surface area (Å²) in [5.74, 6) is -2.25. The SMILES string of the molecule is CCCOc1nc(Oc2cc(F)ccc2F)nc2oc(-c3cc(C)c(OCC(=O)O)c(C)c3)nc12. The van der Waals surface area contributed by atoms with Crippen LogP contribution in [0.4, 0.5) is 8.78 Å². The highest BCUT2D eigenvalue weighted by molar-refractivity contribution is 5.78. The summed E-state index contributed by atoms with van der Waals surface area (Å²) in [5, 5.41) is 8.88. The maximum absolute atomic E-state index is 14.0. The van der Waals surface area contributed by atoms with E-state index in [1.165, 1.54) is 0 Å². The molecule has 4 aromatic rings. The quantitative estimate of drug-likeness (QED) is 0.340. The average Bonchev–Trinajstić information content (AvgIpc) is 3.23. The molecular formula is C24H21F2N3O6. The number of aromatic nitrogens is 3. The molecule has 1 N–H and O–H groups in total. The van der Waals surface area contributed by atoms with Crippen molar-refractivity contribution in [1.82, 2.24) is 15.0 Å². The summed E-state index contributed by atoms with van der Waals surface area (Å²) in [6.07, 6.45) is 0.682. The van der Waals surface area contributed by atoms with Gasteiger partial charge in [0, 0.05) is 11.6 Å². The van der Waals surface area contributed by atoms with Gasteiger partial charge in [-0.05, 0) is 55.7 Å². The zero-order valence-corrected chi connectivity index (χ0v) is 19.1. The van der Waals surface area contributed by atoms with Crippen LogP contribution in [0.25, 0.3) is 22.7 Å². The van der Waals surface area contributed by atoms with E-state index in [9.17, 15) is 13.6 Å². The van der Waals surface area contributed by atoms with E-state index in [2.05, 4.69) is 15.0 Å². The third-order valence-corrected chi connectivity index (χ3v) is 4.79. The fourth-order valence-corrected chi connectivity index (χ4v) is 3.34. The Morgan fingerprint density at radius 2 is 1.80 bits per heavy atom. The number of halogens is 2. The molecule has 0 saturated heterocycles. The number of aliphatic carboxylic acids is 1. The first-order chi connectivity index (χ1) is 16.7. The predicted molar refractivity (Wildman–Crippen MR) is 120 cm³/mol. The number of rotatable bonds is 9. The number of carbonyl (C=O) groups is 1. The topological polar surface area (TPSA) is 117 Å². The number of ether oxygens (including phenoxy) is 3. The van der Waals surface area contributed by atoms with Gasteiger partial charge in [-0.1, -0.05) is 6.92 Å². The Hall–Kier alpha value is -4.28. The van der Waals surface area contributed by atoms with Crippen LogP contribution in [-0.4, -0.2) is 39.2 Å². The average molecular weight is 485 g/mol. The Morgan fingerprint density at radius 1 is 1.06 bits per heavy atom. The number of oxazole rings is 1. The first-order valence-corrected chi connectivity index (χ1v) is 10.7. The van der Waals surface area contributed by atoms with Crippen LogP contribution in [0.2, 0.25) is 0 Å². The molecule has 0 saturated carbocycles. The lowest BCUT2D eigenvalue weighted by Gasteiger charge is -2.11. The lowest BCUT2D eigenvalue weighted by atomic mass is 10.1. The van der Waals surface area contributed by atoms with Crippen LogP contribution in [-0.2, 0) is 4.79 Å². The van der Waals surface area contributed by atoms with Gasteiger partial charge in [0.1, 0.15) is 11.6 Å². The van der Waals surface area contributed by atoms with Gasteiger partial charge in [-0.2, -0.15) is 9.97 Å². The number of hydrogen-bond donors (Lipinski definition) is 1. The number of carboxylic acids is 1. The minimum absolute atomic E-state index is 0.0226. The lowest BCUT2D eigenvalue weighted by molar-refractivity contribution is -0.139. The van der Waals surface area contributed by atoms with E-state index in [1.807, 2.05) is 6.92 Å². The highest BCUT2D eigenvalue weighted by Crippen LogP contribution is 2.34. The third kappa shape index (κ3) is 5.29. The highest BCUT2D eigenvalue weighted by Gasteiger charge is 2.20. The number of hydrogen-bond acceptors (Lipinski definition) is 8. The molecule has 0 amide bonds. The molecular weight excluding hydrogens is 464 g/mol. The molecule has 0 fully saturated rings. The largest absolute Gasteiger partial charge is 0.481 e. The van der Waals surface area contributed by atoms with E-state index in [1.54, 1.807) is 26.0 Å². The van der Waals surface area contributed by atoms with Crippen LogP contribution >= 0.6 is 0 Å². The second kappa shape index (κ2) is 9.92. The maximum atomic E-state index is 14.0. The fraction of sp³-hybridized carbons (Fsp3) is 0.250. The van der Waals surface area contributed by atoms with Crippen molar-refractivity contribution in [2.75, 3.05) is 13.2 Å². The summed E-state index contributed by atoms with van der Waals surface area (Å²) in [4.78, 5) is 23.6. The summed E-state index contributed by atoms with van der Waals surface area (Å²) in [5.41, 5.74) is 2.20. The van der Waals surface area contributed by atoms with E-state index >= 15 is 0 Å². The second-order valence-corrected chi connectivity index (χ2v) is 7.63. The van der Waals surface area contributed by atoms with Crippen LogP contribution in [0, 0.1) is 25.5 Å². The molecule has 2 heterocycles. The van der Waals surface area contributed by atoms with Gasteiger partial charge in [0.2, 0.25) is 5.89 Å².